The van der Waals surface area contributed by atoms with Gasteiger partial charge in [0.15, 0.2) is 5.69 Å². The molecule has 3 aromatic rings. The Morgan fingerprint density at radius 1 is 1.10 bits per heavy atom. The van der Waals surface area contributed by atoms with Gasteiger partial charge in [0.25, 0.3) is 5.91 Å². The first-order valence-electron chi connectivity index (χ1n) is 9.65. The number of benzene rings is 2. The summed E-state index contributed by atoms with van der Waals surface area (Å²) in [5.74, 6) is -0.290. The minimum absolute atomic E-state index is 0.260. The Bertz CT molecular complexity index is 1110. The second-order valence-electron chi connectivity index (χ2n) is 7.30. The van der Waals surface area contributed by atoms with Gasteiger partial charge in [0, 0.05) is 37.0 Å². The molecule has 0 atom stereocenters. The van der Waals surface area contributed by atoms with Gasteiger partial charge in [-0.25, -0.2) is 4.79 Å². The number of para-hydroxylation sites is 1. The number of nitrogens with zero attached hydrogens (tertiary/aromatic N) is 3. The van der Waals surface area contributed by atoms with Crippen molar-refractivity contribution in [2.75, 3.05) is 17.2 Å². The van der Waals surface area contributed by atoms with Crippen LogP contribution < -0.4 is 10.6 Å². The smallest absolute Gasteiger partial charge is 0.321 e. The molecular formula is C22H22ClN5O2. The van der Waals surface area contributed by atoms with Crippen LogP contribution >= 0.6 is 11.6 Å². The lowest BCUT2D eigenvalue weighted by Crippen LogP contribution is -2.39. The lowest BCUT2D eigenvalue weighted by atomic mass is 10.0. The molecule has 0 radical (unpaired) electrons. The molecule has 0 spiro atoms. The van der Waals surface area contributed by atoms with E-state index >= 15 is 0 Å². The minimum Gasteiger partial charge on any atom is -0.321 e. The van der Waals surface area contributed by atoms with Gasteiger partial charge in [-0.2, -0.15) is 5.10 Å². The van der Waals surface area contributed by atoms with Crippen LogP contribution in [-0.2, 0) is 20.0 Å². The van der Waals surface area contributed by atoms with E-state index in [1.165, 1.54) is 0 Å². The first kappa shape index (κ1) is 20.0. The second-order valence-corrected chi connectivity index (χ2v) is 7.71. The Morgan fingerprint density at radius 2 is 1.87 bits per heavy atom. The zero-order chi connectivity index (χ0) is 21.3. The first-order valence-corrected chi connectivity index (χ1v) is 10.0. The second kappa shape index (κ2) is 8.20. The number of hydrogen-bond acceptors (Lipinski definition) is 3. The van der Waals surface area contributed by atoms with E-state index < -0.39 is 0 Å². The highest BCUT2D eigenvalue weighted by molar-refractivity contribution is 6.33. The fraction of sp³-hybridized carbons (Fsp3) is 0.227. The summed E-state index contributed by atoms with van der Waals surface area (Å²) in [6.07, 6.45) is 0.618. The fourth-order valence-corrected chi connectivity index (χ4v) is 3.86. The quantitative estimate of drug-likeness (QED) is 0.661. The molecule has 0 bridgehead atoms. The Labute approximate surface area is 179 Å². The van der Waals surface area contributed by atoms with Gasteiger partial charge in [0.1, 0.15) is 0 Å². The van der Waals surface area contributed by atoms with Crippen molar-refractivity contribution in [3.63, 3.8) is 0 Å². The van der Waals surface area contributed by atoms with Crippen molar-refractivity contribution in [2.24, 2.45) is 7.05 Å². The molecule has 1 aliphatic rings. The highest BCUT2D eigenvalue weighted by Gasteiger charge is 2.29. The zero-order valence-electron chi connectivity index (χ0n) is 16.8. The molecule has 7 nitrogen and oxygen atoms in total. The molecule has 4 rings (SSSR count). The van der Waals surface area contributed by atoms with Gasteiger partial charge in [0.05, 0.1) is 17.3 Å². The van der Waals surface area contributed by atoms with Crippen molar-refractivity contribution < 1.29 is 9.59 Å². The third kappa shape index (κ3) is 4.02. The van der Waals surface area contributed by atoms with Gasteiger partial charge in [-0.1, -0.05) is 35.9 Å². The van der Waals surface area contributed by atoms with Gasteiger partial charge in [-0.05, 0) is 36.8 Å². The largest absolute Gasteiger partial charge is 0.322 e. The monoisotopic (exact) mass is 423 g/mol. The summed E-state index contributed by atoms with van der Waals surface area (Å²) in [5, 5.41) is 10.6. The topological polar surface area (TPSA) is 79.3 Å². The Balaban J connectivity index is 1.52. The lowest BCUT2D eigenvalue weighted by molar-refractivity contribution is 0.101. The Hall–Kier alpha value is -3.32. The zero-order valence-corrected chi connectivity index (χ0v) is 17.5. The number of nitrogens with one attached hydrogen (secondary N) is 2. The van der Waals surface area contributed by atoms with Crippen molar-refractivity contribution in [1.82, 2.24) is 14.7 Å². The van der Waals surface area contributed by atoms with Gasteiger partial charge < -0.3 is 15.5 Å². The molecule has 0 unspecified atom stereocenters. The van der Waals surface area contributed by atoms with E-state index in [1.54, 1.807) is 21.7 Å². The van der Waals surface area contributed by atoms with Crippen molar-refractivity contribution in [1.29, 1.82) is 0 Å². The van der Waals surface area contributed by atoms with Crippen LogP contribution in [0.15, 0.2) is 48.5 Å². The first-order chi connectivity index (χ1) is 14.4. The summed E-state index contributed by atoms with van der Waals surface area (Å²) in [7, 11) is 1.82. The lowest BCUT2D eigenvalue weighted by Gasteiger charge is -2.28. The summed E-state index contributed by atoms with van der Waals surface area (Å²) in [4.78, 5) is 27.3. The number of hydrogen-bond donors (Lipinski definition) is 2. The van der Waals surface area contributed by atoms with Crippen LogP contribution in [0.1, 0.15) is 27.3 Å². The van der Waals surface area contributed by atoms with Gasteiger partial charge in [0.2, 0.25) is 0 Å². The van der Waals surface area contributed by atoms with Gasteiger partial charge in [-0.3, -0.25) is 9.48 Å². The number of aromatic nitrogens is 2. The van der Waals surface area contributed by atoms with E-state index in [2.05, 4.69) is 15.7 Å². The molecule has 154 valence electrons. The maximum atomic E-state index is 12.8. The number of rotatable bonds is 3. The maximum Gasteiger partial charge on any atom is 0.322 e. The average Bonchev–Trinajstić information content (AvgIpc) is 3.07. The number of amides is 3. The van der Waals surface area contributed by atoms with Gasteiger partial charge >= 0.3 is 6.03 Å². The number of fused-ring (bicyclic) bond motifs is 1. The van der Waals surface area contributed by atoms with Crippen LogP contribution in [0.3, 0.4) is 0 Å². The predicted molar refractivity (Wildman–Crippen MR) is 117 cm³/mol. The Kier molecular flexibility index (Phi) is 5.46. The van der Waals surface area contributed by atoms with E-state index in [-0.39, 0.29) is 11.9 Å². The summed E-state index contributed by atoms with van der Waals surface area (Å²) in [6, 6.07) is 14.4. The van der Waals surface area contributed by atoms with Crippen LogP contribution in [0.2, 0.25) is 5.02 Å². The number of carbonyl (C=O) groups is 2. The van der Waals surface area contributed by atoms with Crippen LogP contribution in [0.25, 0.3) is 0 Å². The van der Waals surface area contributed by atoms with Crippen LogP contribution in [0.5, 0.6) is 0 Å². The predicted octanol–water partition coefficient (Wildman–Crippen LogP) is 4.22. The molecule has 2 aromatic carbocycles. The normalized spacial score (nSPS) is 13.0. The molecule has 2 heterocycles. The number of carbonyl (C=O) groups excluding carboxylic acids is 2. The number of urea groups is 1. The van der Waals surface area contributed by atoms with E-state index in [0.717, 1.165) is 16.8 Å². The SMILES string of the molecule is Cc1ccc(NC(=O)N2CCc3c(c(C(=O)Nc4ccccc4)nn3C)C2)c(Cl)c1. The number of aryl methyl sites for hydroxylation is 2. The van der Waals surface area contributed by atoms with Crippen LogP contribution in [-0.4, -0.2) is 33.2 Å². The van der Waals surface area contributed by atoms with E-state index in [0.29, 0.717) is 41.6 Å². The fourth-order valence-electron chi connectivity index (χ4n) is 3.58. The summed E-state index contributed by atoms with van der Waals surface area (Å²) < 4.78 is 1.72. The molecule has 0 saturated carbocycles. The average molecular weight is 424 g/mol. The minimum atomic E-state index is -0.290. The molecule has 0 saturated heterocycles. The molecule has 3 amide bonds. The molecule has 2 N–H and O–H groups in total. The van der Waals surface area contributed by atoms with Crippen molar-refractivity contribution >= 4 is 34.9 Å². The van der Waals surface area contributed by atoms with Crippen molar-refractivity contribution in [3.8, 4) is 0 Å². The highest BCUT2D eigenvalue weighted by Crippen LogP contribution is 2.26. The third-order valence-corrected chi connectivity index (χ3v) is 5.46. The maximum absolute atomic E-state index is 12.8. The number of halogens is 1. The standard InChI is InChI=1S/C22H22ClN5O2/c1-14-8-9-18(17(23)12-14)25-22(30)28-11-10-19-16(13-28)20(26-27(19)2)21(29)24-15-6-4-3-5-7-15/h3-9,12H,10-11,13H2,1-2H3,(H,24,29)(H,25,30). The van der Waals surface area contributed by atoms with E-state index in [4.69, 9.17) is 11.6 Å². The third-order valence-electron chi connectivity index (χ3n) is 5.14. The summed E-state index contributed by atoms with van der Waals surface area (Å²) in [6.45, 7) is 2.77. The van der Waals surface area contributed by atoms with Gasteiger partial charge in [-0.15, -0.1) is 0 Å². The Morgan fingerprint density at radius 3 is 2.60 bits per heavy atom. The molecule has 1 aromatic heterocycles. The van der Waals surface area contributed by atoms with E-state index in [9.17, 15) is 9.59 Å². The summed E-state index contributed by atoms with van der Waals surface area (Å²) >= 11 is 6.24. The molecular weight excluding hydrogens is 402 g/mol. The molecule has 0 aliphatic carbocycles. The van der Waals surface area contributed by atoms with E-state index in [1.807, 2.05) is 50.4 Å². The highest BCUT2D eigenvalue weighted by atomic mass is 35.5. The molecule has 0 fully saturated rings. The number of anilines is 2. The van der Waals surface area contributed by atoms with Crippen molar-refractivity contribution in [2.45, 2.75) is 19.9 Å². The molecule has 30 heavy (non-hydrogen) atoms. The molecule has 1 aliphatic heterocycles. The molecule has 8 heteroatoms. The summed E-state index contributed by atoms with van der Waals surface area (Å²) in [5.41, 5.74) is 4.34. The van der Waals surface area contributed by atoms with Crippen LogP contribution in [0, 0.1) is 6.92 Å². The van der Waals surface area contributed by atoms with Crippen molar-refractivity contribution in [3.05, 3.63) is 76.1 Å². The van der Waals surface area contributed by atoms with Crippen LogP contribution in [0.4, 0.5) is 16.2 Å².